The van der Waals surface area contributed by atoms with Crippen molar-refractivity contribution in [2.24, 2.45) is 5.73 Å². The van der Waals surface area contributed by atoms with Crippen LogP contribution >= 0.6 is 0 Å². The van der Waals surface area contributed by atoms with Crippen LogP contribution in [0.3, 0.4) is 0 Å². The van der Waals surface area contributed by atoms with Gasteiger partial charge < -0.3 is 21.4 Å². The molecule has 0 aromatic heterocycles. The fraction of sp³-hybridized carbons (Fsp3) is 0.600. The van der Waals surface area contributed by atoms with Crippen molar-refractivity contribution in [1.82, 2.24) is 0 Å². The fourth-order valence-corrected chi connectivity index (χ4v) is 0.423. The molecular weight excluding hydrogens is 155 g/mol. The molecule has 0 aliphatic heterocycles. The largest absolute Gasteiger partial charge is 0.542 e. The summed E-state index contributed by atoms with van der Waals surface area (Å²) in [6, 6.07) is 0. The number of rotatable bonds is 4. The number of aliphatic carboxylic acids is 1. The Balaban J connectivity index is 3.92. The van der Waals surface area contributed by atoms with Crippen molar-refractivity contribution in [3.63, 3.8) is 0 Å². The van der Waals surface area contributed by atoms with Crippen molar-refractivity contribution >= 4 is 11.9 Å². The molecule has 5 N–H and O–H groups in total. The molecule has 0 aliphatic carbocycles. The molecule has 0 saturated carbocycles. The van der Waals surface area contributed by atoms with E-state index in [9.17, 15) is 19.1 Å². The Morgan fingerprint density at radius 1 is 1.64 bits per heavy atom. The molecule has 11 heavy (non-hydrogen) atoms. The van der Waals surface area contributed by atoms with Gasteiger partial charge in [0, 0.05) is 12.8 Å². The maximum absolute atomic E-state index is 12.6. The van der Waals surface area contributed by atoms with Crippen LogP contribution in [0.5, 0.6) is 0 Å². The van der Waals surface area contributed by atoms with Crippen molar-refractivity contribution < 1.29 is 24.8 Å². The first-order valence-corrected chi connectivity index (χ1v) is 2.90. The Morgan fingerprint density at radius 2 is 2.09 bits per heavy atom. The lowest BCUT2D eigenvalue weighted by Crippen LogP contribution is -2.77. The number of halogens is 1. The third kappa shape index (κ3) is 3.51. The third-order valence-electron chi connectivity index (χ3n) is 1.13. The normalized spacial score (nSPS) is 15.5. The highest BCUT2D eigenvalue weighted by Gasteiger charge is 2.30. The standard InChI is InChI=1S/C5H9FN2O3/c6-5(8,4(10)11)2-1-3(7)9/h1-2,8H2,(H2,7,9)(H,10,11)/t5-/m0/s1. The Kier molecular flexibility index (Phi) is 2.94. The first-order valence-electron chi connectivity index (χ1n) is 2.90. The van der Waals surface area contributed by atoms with Gasteiger partial charge >= 0.3 is 0 Å². The summed E-state index contributed by atoms with van der Waals surface area (Å²) in [5, 5.41) is 9.93. The number of carboxylic acids is 1. The smallest absolute Gasteiger partial charge is 0.278 e. The molecule has 0 spiro atoms. The summed E-state index contributed by atoms with van der Waals surface area (Å²) < 4.78 is 12.6. The van der Waals surface area contributed by atoms with Crippen LogP contribution in [-0.2, 0) is 9.59 Å². The topological polar surface area (TPSA) is 111 Å². The minimum absolute atomic E-state index is 0.353. The zero-order valence-electron chi connectivity index (χ0n) is 5.80. The number of carbonyl (C=O) groups is 2. The van der Waals surface area contributed by atoms with Crippen molar-refractivity contribution in [3.05, 3.63) is 0 Å². The van der Waals surface area contributed by atoms with Gasteiger partial charge in [0.25, 0.3) is 5.79 Å². The summed E-state index contributed by atoms with van der Waals surface area (Å²) in [4.78, 5) is 20.0. The van der Waals surface area contributed by atoms with E-state index in [-0.39, 0.29) is 6.42 Å². The second kappa shape index (κ2) is 3.29. The lowest BCUT2D eigenvalue weighted by molar-refractivity contribution is -0.526. The van der Waals surface area contributed by atoms with Gasteiger partial charge in [0.1, 0.15) is 5.97 Å². The van der Waals surface area contributed by atoms with Crippen LogP contribution in [0, 0.1) is 0 Å². The number of carboxylic acid groups (broad SMARTS) is 1. The molecule has 0 fully saturated rings. The molecule has 1 atom stereocenters. The van der Waals surface area contributed by atoms with Gasteiger partial charge in [-0.15, -0.1) is 0 Å². The third-order valence-corrected chi connectivity index (χ3v) is 1.13. The van der Waals surface area contributed by atoms with Gasteiger partial charge in [0.2, 0.25) is 5.91 Å². The summed E-state index contributed by atoms with van der Waals surface area (Å²) in [5.74, 6) is -5.41. The van der Waals surface area contributed by atoms with Gasteiger partial charge in [-0.3, -0.25) is 4.79 Å². The van der Waals surface area contributed by atoms with Gasteiger partial charge in [0.05, 0.1) is 0 Å². The van der Waals surface area contributed by atoms with Crippen molar-refractivity contribution in [3.8, 4) is 0 Å². The predicted molar refractivity (Wildman–Crippen MR) is 30.2 cm³/mol. The average molecular weight is 164 g/mol. The molecule has 0 heterocycles. The lowest BCUT2D eigenvalue weighted by Gasteiger charge is -2.15. The van der Waals surface area contributed by atoms with Crippen LogP contribution in [0.4, 0.5) is 4.39 Å². The SMILES string of the molecule is NC(=O)CC[C@@]([NH3+])(F)C(=O)[O-]. The molecule has 64 valence electrons. The second-order valence-electron chi connectivity index (χ2n) is 2.22. The summed E-state index contributed by atoms with van der Waals surface area (Å²) in [6.45, 7) is 0. The van der Waals surface area contributed by atoms with E-state index in [2.05, 4.69) is 11.5 Å². The number of carbonyl (C=O) groups excluding carboxylic acids is 2. The lowest BCUT2D eigenvalue weighted by atomic mass is 10.1. The number of quaternary nitrogens is 1. The zero-order valence-corrected chi connectivity index (χ0v) is 5.80. The highest BCUT2D eigenvalue weighted by molar-refractivity contribution is 5.76. The molecule has 0 unspecified atom stereocenters. The van der Waals surface area contributed by atoms with Crippen molar-refractivity contribution in [2.45, 2.75) is 18.6 Å². The Morgan fingerprint density at radius 3 is 2.36 bits per heavy atom. The number of hydrogen-bond donors (Lipinski definition) is 2. The Hall–Kier alpha value is -1.17. The number of alkyl halides is 1. The van der Waals surface area contributed by atoms with Crippen LogP contribution in [0.2, 0.25) is 0 Å². The molecule has 0 aromatic carbocycles. The predicted octanol–water partition coefficient (Wildman–Crippen LogP) is -3.09. The average Bonchev–Trinajstić information content (AvgIpc) is 1.84. The van der Waals surface area contributed by atoms with E-state index < -0.39 is 24.1 Å². The molecule has 0 radical (unpaired) electrons. The number of nitrogens with two attached hydrogens (primary N) is 1. The monoisotopic (exact) mass is 164 g/mol. The summed E-state index contributed by atoms with van der Waals surface area (Å²) >= 11 is 0. The zero-order chi connectivity index (χ0) is 9.07. The fourth-order valence-electron chi connectivity index (χ4n) is 0.423. The summed E-state index contributed by atoms with van der Waals surface area (Å²) in [7, 11) is 0. The minimum atomic E-state index is -2.71. The van der Waals surface area contributed by atoms with Gasteiger partial charge in [-0.25, -0.2) is 0 Å². The van der Waals surface area contributed by atoms with Gasteiger partial charge in [0.15, 0.2) is 0 Å². The van der Waals surface area contributed by atoms with Crippen LogP contribution in [-0.4, -0.2) is 17.7 Å². The highest BCUT2D eigenvalue weighted by atomic mass is 19.1. The van der Waals surface area contributed by atoms with Crippen LogP contribution in [0.1, 0.15) is 12.8 Å². The molecule has 0 saturated heterocycles. The maximum Gasteiger partial charge on any atom is 0.278 e. The first-order chi connectivity index (χ1) is 4.86. The van der Waals surface area contributed by atoms with E-state index in [1.54, 1.807) is 0 Å². The molecule has 1 amide bonds. The highest BCUT2D eigenvalue weighted by Crippen LogP contribution is 2.06. The number of amides is 1. The van der Waals surface area contributed by atoms with E-state index in [0.717, 1.165) is 0 Å². The molecule has 6 heteroatoms. The van der Waals surface area contributed by atoms with Crippen LogP contribution < -0.4 is 16.6 Å². The summed E-state index contributed by atoms with van der Waals surface area (Å²) in [5.41, 5.74) is 7.36. The van der Waals surface area contributed by atoms with E-state index in [1.807, 2.05) is 0 Å². The molecule has 0 aromatic rings. The van der Waals surface area contributed by atoms with Crippen LogP contribution in [0.25, 0.3) is 0 Å². The quantitative estimate of drug-likeness (QED) is 0.429. The van der Waals surface area contributed by atoms with Gasteiger partial charge in [-0.2, -0.15) is 4.39 Å². The number of primary amides is 1. The number of hydrogen-bond acceptors (Lipinski definition) is 3. The van der Waals surface area contributed by atoms with Gasteiger partial charge in [-0.05, 0) is 0 Å². The van der Waals surface area contributed by atoms with E-state index in [1.165, 1.54) is 0 Å². The Labute approximate surface area is 62.2 Å². The first kappa shape index (κ1) is 9.83. The molecular formula is C5H9FN2O3. The van der Waals surface area contributed by atoms with Crippen molar-refractivity contribution in [1.29, 1.82) is 0 Å². The summed E-state index contributed by atoms with van der Waals surface area (Å²) in [6.07, 6.45) is -0.904. The Bertz CT molecular complexity index is 181. The minimum Gasteiger partial charge on any atom is -0.542 e. The second-order valence-corrected chi connectivity index (χ2v) is 2.22. The van der Waals surface area contributed by atoms with Crippen molar-refractivity contribution in [2.75, 3.05) is 0 Å². The van der Waals surface area contributed by atoms with E-state index in [0.29, 0.717) is 0 Å². The maximum atomic E-state index is 12.6. The molecule has 0 bridgehead atoms. The molecule has 0 rings (SSSR count). The van der Waals surface area contributed by atoms with E-state index >= 15 is 0 Å². The molecule has 0 aliphatic rings. The van der Waals surface area contributed by atoms with Crippen LogP contribution in [0.15, 0.2) is 0 Å². The van der Waals surface area contributed by atoms with E-state index in [4.69, 9.17) is 0 Å². The molecule has 5 nitrogen and oxygen atoms in total. The van der Waals surface area contributed by atoms with Gasteiger partial charge in [-0.1, -0.05) is 0 Å².